The van der Waals surface area contributed by atoms with Crippen LogP contribution < -0.4 is 0 Å². The molecule has 6 nitrogen and oxygen atoms in total. The van der Waals surface area contributed by atoms with E-state index in [-0.39, 0.29) is 17.7 Å². The fourth-order valence-electron chi connectivity index (χ4n) is 4.11. The molecule has 1 saturated carbocycles. The Kier molecular flexibility index (Phi) is 4.06. The standard InChI is InChI=1S/C18H26N4O2/c1-21(11-16-14-5-3-2-4-6-15(14)19-20-16)18(24)12-9-17(23)22(10-12)13-7-8-13/h12-13H,2-11H2,1H3,(H,19,20). The van der Waals surface area contributed by atoms with Gasteiger partial charge in [0.25, 0.3) is 0 Å². The van der Waals surface area contributed by atoms with Gasteiger partial charge in [0, 0.05) is 31.7 Å². The van der Waals surface area contributed by atoms with Gasteiger partial charge in [-0.15, -0.1) is 0 Å². The van der Waals surface area contributed by atoms with Crippen LogP contribution in [0.15, 0.2) is 0 Å². The SMILES string of the molecule is CN(Cc1n[nH]c2c1CCCCC2)C(=O)C1CC(=O)N(C2CC2)C1. The topological polar surface area (TPSA) is 69.3 Å². The molecule has 2 heterocycles. The summed E-state index contributed by atoms with van der Waals surface area (Å²) in [4.78, 5) is 28.5. The average Bonchev–Trinajstić information content (AvgIpc) is 3.30. The first kappa shape index (κ1) is 15.7. The second kappa shape index (κ2) is 6.22. The molecule has 1 N–H and O–H groups in total. The van der Waals surface area contributed by atoms with Gasteiger partial charge in [0.05, 0.1) is 18.2 Å². The number of H-pyrrole nitrogens is 1. The number of likely N-dealkylation sites (tertiary alicyclic amines) is 1. The summed E-state index contributed by atoms with van der Waals surface area (Å²) in [6, 6.07) is 0.405. The van der Waals surface area contributed by atoms with Gasteiger partial charge in [-0.1, -0.05) is 6.42 Å². The molecule has 24 heavy (non-hydrogen) atoms. The van der Waals surface area contributed by atoms with Crippen LogP contribution in [-0.2, 0) is 29.0 Å². The molecule has 2 fully saturated rings. The van der Waals surface area contributed by atoms with E-state index in [1.165, 1.54) is 30.5 Å². The van der Waals surface area contributed by atoms with Crippen LogP contribution in [0.1, 0.15) is 55.5 Å². The third-order valence-corrected chi connectivity index (χ3v) is 5.65. The van der Waals surface area contributed by atoms with E-state index in [9.17, 15) is 9.59 Å². The van der Waals surface area contributed by atoms with Crippen molar-refractivity contribution in [2.45, 2.75) is 64.0 Å². The predicted molar refractivity (Wildman–Crippen MR) is 89.2 cm³/mol. The molecule has 0 bridgehead atoms. The van der Waals surface area contributed by atoms with Crippen LogP contribution in [0.3, 0.4) is 0 Å². The van der Waals surface area contributed by atoms with Crippen LogP contribution in [0.4, 0.5) is 0 Å². The zero-order chi connectivity index (χ0) is 16.7. The molecular formula is C18H26N4O2. The van der Waals surface area contributed by atoms with Gasteiger partial charge >= 0.3 is 0 Å². The highest BCUT2D eigenvalue weighted by molar-refractivity contribution is 5.89. The number of hydrogen-bond acceptors (Lipinski definition) is 3. The first-order valence-electron chi connectivity index (χ1n) is 9.23. The van der Waals surface area contributed by atoms with Crippen molar-refractivity contribution in [1.29, 1.82) is 0 Å². The van der Waals surface area contributed by atoms with Gasteiger partial charge in [-0.05, 0) is 44.1 Å². The third kappa shape index (κ3) is 2.94. The van der Waals surface area contributed by atoms with Gasteiger partial charge < -0.3 is 9.80 Å². The average molecular weight is 330 g/mol. The Hall–Kier alpha value is -1.85. The van der Waals surface area contributed by atoms with Crippen molar-refractivity contribution in [2.75, 3.05) is 13.6 Å². The number of carbonyl (C=O) groups is 2. The molecule has 1 aromatic rings. The first-order valence-corrected chi connectivity index (χ1v) is 9.23. The lowest BCUT2D eigenvalue weighted by molar-refractivity contribution is -0.135. The molecule has 4 rings (SSSR count). The number of nitrogens with one attached hydrogen (secondary N) is 1. The minimum atomic E-state index is -0.180. The van der Waals surface area contributed by atoms with Gasteiger partial charge in [-0.25, -0.2) is 0 Å². The molecule has 2 amide bonds. The van der Waals surface area contributed by atoms with E-state index in [1.54, 1.807) is 4.90 Å². The largest absolute Gasteiger partial charge is 0.339 e. The number of aromatic amines is 1. The normalized spacial score (nSPS) is 24.0. The highest BCUT2D eigenvalue weighted by atomic mass is 16.2. The molecule has 3 aliphatic rings. The van der Waals surface area contributed by atoms with Crippen molar-refractivity contribution < 1.29 is 9.59 Å². The van der Waals surface area contributed by atoms with Crippen molar-refractivity contribution in [3.05, 3.63) is 17.0 Å². The summed E-state index contributed by atoms with van der Waals surface area (Å²) >= 11 is 0. The van der Waals surface area contributed by atoms with Crippen molar-refractivity contribution in [2.24, 2.45) is 5.92 Å². The number of aryl methyl sites for hydroxylation is 1. The third-order valence-electron chi connectivity index (χ3n) is 5.65. The van der Waals surface area contributed by atoms with Crippen molar-refractivity contribution in [3.8, 4) is 0 Å². The lowest BCUT2D eigenvalue weighted by Gasteiger charge is -2.21. The number of aromatic nitrogens is 2. The zero-order valence-electron chi connectivity index (χ0n) is 14.4. The van der Waals surface area contributed by atoms with Gasteiger partial charge in [-0.2, -0.15) is 5.10 Å². The van der Waals surface area contributed by atoms with Crippen LogP contribution in [0.5, 0.6) is 0 Å². The fraction of sp³-hybridized carbons (Fsp3) is 0.722. The summed E-state index contributed by atoms with van der Waals surface area (Å²) < 4.78 is 0. The Morgan fingerprint density at radius 2 is 2.08 bits per heavy atom. The van der Waals surface area contributed by atoms with Crippen molar-refractivity contribution >= 4 is 11.8 Å². The Morgan fingerprint density at radius 1 is 1.29 bits per heavy atom. The van der Waals surface area contributed by atoms with E-state index >= 15 is 0 Å². The predicted octanol–water partition coefficient (Wildman–Crippen LogP) is 1.65. The van der Waals surface area contributed by atoms with Gasteiger partial charge in [0.2, 0.25) is 11.8 Å². The molecular weight excluding hydrogens is 304 g/mol. The lowest BCUT2D eigenvalue weighted by atomic mass is 10.1. The highest BCUT2D eigenvalue weighted by Crippen LogP contribution is 2.33. The molecule has 130 valence electrons. The van der Waals surface area contributed by atoms with E-state index in [0.29, 0.717) is 25.6 Å². The maximum atomic E-state index is 12.8. The van der Waals surface area contributed by atoms with Crippen LogP contribution >= 0.6 is 0 Å². The fourth-order valence-corrected chi connectivity index (χ4v) is 4.11. The smallest absolute Gasteiger partial charge is 0.228 e. The highest BCUT2D eigenvalue weighted by Gasteiger charge is 2.42. The Balaban J connectivity index is 1.41. The number of amides is 2. The molecule has 1 unspecified atom stereocenters. The van der Waals surface area contributed by atoms with E-state index in [1.807, 2.05) is 11.9 Å². The molecule has 0 aromatic carbocycles. The first-order chi connectivity index (χ1) is 11.6. The van der Waals surface area contributed by atoms with Crippen molar-refractivity contribution in [3.63, 3.8) is 0 Å². The van der Waals surface area contributed by atoms with Crippen LogP contribution in [-0.4, -0.2) is 51.4 Å². The van der Waals surface area contributed by atoms with Crippen LogP contribution in [0.2, 0.25) is 0 Å². The quantitative estimate of drug-likeness (QED) is 0.854. The Labute approximate surface area is 142 Å². The van der Waals surface area contributed by atoms with Gasteiger partial charge in [0.15, 0.2) is 0 Å². The monoisotopic (exact) mass is 330 g/mol. The van der Waals surface area contributed by atoms with Gasteiger partial charge in [0.1, 0.15) is 0 Å². The summed E-state index contributed by atoms with van der Waals surface area (Å²) in [7, 11) is 1.84. The minimum Gasteiger partial charge on any atom is -0.339 e. The maximum Gasteiger partial charge on any atom is 0.228 e. The molecule has 6 heteroatoms. The van der Waals surface area contributed by atoms with E-state index < -0.39 is 0 Å². The molecule has 0 radical (unpaired) electrons. The number of rotatable bonds is 4. The Morgan fingerprint density at radius 3 is 2.88 bits per heavy atom. The minimum absolute atomic E-state index is 0.0804. The summed E-state index contributed by atoms with van der Waals surface area (Å²) in [5.41, 5.74) is 3.57. The summed E-state index contributed by atoms with van der Waals surface area (Å²) in [6.07, 6.45) is 8.36. The zero-order valence-corrected chi connectivity index (χ0v) is 14.4. The van der Waals surface area contributed by atoms with E-state index in [2.05, 4.69) is 10.2 Å². The Bertz CT molecular complexity index is 649. The number of fused-ring (bicyclic) bond motifs is 1. The molecule has 1 aromatic heterocycles. The van der Waals surface area contributed by atoms with Gasteiger partial charge in [-0.3, -0.25) is 14.7 Å². The second-order valence-corrected chi connectivity index (χ2v) is 7.56. The van der Waals surface area contributed by atoms with Crippen molar-refractivity contribution in [1.82, 2.24) is 20.0 Å². The maximum absolute atomic E-state index is 12.8. The van der Waals surface area contributed by atoms with E-state index in [4.69, 9.17) is 0 Å². The number of carbonyl (C=O) groups excluding carboxylic acids is 2. The molecule has 0 spiro atoms. The molecule has 2 aliphatic carbocycles. The van der Waals surface area contributed by atoms with Crippen LogP contribution in [0, 0.1) is 5.92 Å². The molecule has 1 saturated heterocycles. The van der Waals surface area contributed by atoms with E-state index in [0.717, 1.165) is 31.4 Å². The number of hydrogen-bond donors (Lipinski definition) is 1. The molecule has 1 atom stereocenters. The lowest BCUT2D eigenvalue weighted by Crippen LogP contribution is -2.35. The summed E-state index contributed by atoms with van der Waals surface area (Å²) in [5.74, 6) is 0.0513. The van der Waals surface area contributed by atoms with Crippen LogP contribution in [0.25, 0.3) is 0 Å². The second-order valence-electron chi connectivity index (χ2n) is 7.56. The molecule has 1 aliphatic heterocycles. The summed E-state index contributed by atoms with van der Waals surface area (Å²) in [5, 5.41) is 7.63. The summed E-state index contributed by atoms with van der Waals surface area (Å²) in [6.45, 7) is 1.14. The number of nitrogens with zero attached hydrogens (tertiary/aromatic N) is 3.